The maximum Gasteiger partial charge on any atom is 0.260 e. The van der Waals surface area contributed by atoms with Crippen molar-refractivity contribution in [1.29, 1.82) is 0 Å². The zero-order chi connectivity index (χ0) is 21.2. The van der Waals surface area contributed by atoms with Crippen LogP contribution in [0, 0.1) is 0 Å². The van der Waals surface area contributed by atoms with Crippen molar-refractivity contribution in [3.8, 4) is 0 Å². The van der Waals surface area contributed by atoms with Crippen LogP contribution in [0.1, 0.15) is 17.3 Å². The van der Waals surface area contributed by atoms with Crippen molar-refractivity contribution in [1.82, 2.24) is 9.88 Å². The van der Waals surface area contributed by atoms with Gasteiger partial charge in [-0.2, -0.15) is 0 Å². The lowest BCUT2D eigenvalue weighted by molar-refractivity contribution is 0.0985. The van der Waals surface area contributed by atoms with Gasteiger partial charge in [-0.15, -0.1) is 12.4 Å². The third kappa shape index (κ3) is 5.59. The number of halogens is 2. The van der Waals surface area contributed by atoms with Crippen LogP contribution in [0.25, 0.3) is 10.2 Å². The fourth-order valence-corrected chi connectivity index (χ4v) is 5.20. The Labute approximate surface area is 195 Å². The van der Waals surface area contributed by atoms with Crippen LogP contribution in [-0.4, -0.2) is 57.1 Å². The topological polar surface area (TPSA) is 70.6 Å². The van der Waals surface area contributed by atoms with Crippen molar-refractivity contribution in [2.75, 3.05) is 37.8 Å². The summed E-state index contributed by atoms with van der Waals surface area (Å²) in [4.78, 5) is 21.7. The number of hydrogen-bond donors (Lipinski definition) is 0. The normalized spacial score (nSPS) is 11.5. The van der Waals surface area contributed by atoms with Crippen molar-refractivity contribution >= 4 is 70.8 Å². The molecule has 0 spiro atoms. The van der Waals surface area contributed by atoms with E-state index in [1.54, 1.807) is 24.0 Å². The van der Waals surface area contributed by atoms with E-state index in [9.17, 15) is 13.2 Å². The van der Waals surface area contributed by atoms with E-state index in [0.717, 1.165) is 14.7 Å². The maximum absolute atomic E-state index is 13.3. The smallest absolute Gasteiger partial charge is 0.260 e. The van der Waals surface area contributed by atoms with E-state index in [4.69, 9.17) is 0 Å². The van der Waals surface area contributed by atoms with Crippen LogP contribution in [0.2, 0.25) is 0 Å². The number of nitrogens with zero attached hydrogens (tertiary/aromatic N) is 3. The molecular formula is C20H23BrClN3O3S2. The molecule has 0 N–H and O–H groups in total. The van der Waals surface area contributed by atoms with Gasteiger partial charge in [0.15, 0.2) is 15.0 Å². The average molecular weight is 533 g/mol. The van der Waals surface area contributed by atoms with Crippen LogP contribution < -0.4 is 4.90 Å². The molecule has 1 aromatic heterocycles. The summed E-state index contributed by atoms with van der Waals surface area (Å²) in [6.07, 6.45) is 0. The second-order valence-electron chi connectivity index (χ2n) is 6.80. The number of carbonyl (C=O) groups is 1. The van der Waals surface area contributed by atoms with Gasteiger partial charge in [0.05, 0.1) is 20.9 Å². The summed E-state index contributed by atoms with van der Waals surface area (Å²) in [5.74, 6) is -0.278. The van der Waals surface area contributed by atoms with Gasteiger partial charge < -0.3 is 4.90 Å². The van der Waals surface area contributed by atoms with Crippen LogP contribution >= 0.6 is 39.7 Å². The lowest BCUT2D eigenvalue weighted by Crippen LogP contribution is -2.36. The van der Waals surface area contributed by atoms with Crippen LogP contribution in [0.3, 0.4) is 0 Å². The summed E-state index contributed by atoms with van der Waals surface area (Å²) >= 11 is 4.90. The second-order valence-corrected chi connectivity index (χ2v) is 11.0. The molecule has 0 aliphatic rings. The Bertz CT molecular complexity index is 1150. The Morgan fingerprint density at radius 3 is 2.53 bits per heavy atom. The molecule has 0 saturated heterocycles. The molecule has 0 bridgehead atoms. The van der Waals surface area contributed by atoms with Gasteiger partial charge in [-0.25, -0.2) is 13.4 Å². The van der Waals surface area contributed by atoms with E-state index in [0.29, 0.717) is 23.8 Å². The Hall–Kier alpha value is -1.52. The number of benzene rings is 2. The highest BCUT2D eigenvalue weighted by molar-refractivity contribution is 9.10. The van der Waals surface area contributed by atoms with E-state index < -0.39 is 9.84 Å². The van der Waals surface area contributed by atoms with E-state index in [-0.39, 0.29) is 29.0 Å². The fourth-order valence-electron chi connectivity index (χ4n) is 2.73. The molecule has 0 saturated carbocycles. The minimum Gasteiger partial charge on any atom is -0.308 e. The minimum atomic E-state index is -3.39. The molecule has 2 aromatic carbocycles. The number of carbonyl (C=O) groups excluding carboxylic acids is 1. The fraction of sp³-hybridized carbons (Fsp3) is 0.300. The number of sulfone groups is 1. The number of amides is 1. The Morgan fingerprint density at radius 2 is 1.87 bits per heavy atom. The van der Waals surface area contributed by atoms with Gasteiger partial charge in [0.25, 0.3) is 5.91 Å². The number of hydrogen-bond acceptors (Lipinski definition) is 6. The van der Waals surface area contributed by atoms with E-state index in [1.165, 1.54) is 23.5 Å². The first kappa shape index (κ1) is 24.7. The molecule has 0 unspecified atom stereocenters. The van der Waals surface area contributed by atoms with Crippen molar-refractivity contribution < 1.29 is 13.2 Å². The summed E-state index contributed by atoms with van der Waals surface area (Å²) in [7, 11) is 0.481. The van der Waals surface area contributed by atoms with Crippen LogP contribution in [0.5, 0.6) is 0 Å². The van der Waals surface area contributed by atoms with Gasteiger partial charge in [-0.1, -0.05) is 40.3 Å². The van der Waals surface area contributed by atoms with Gasteiger partial charge >= 0.3 is 0 Å². The standard InChI is InChI=1S/C20H22BrN3O3S2.ClH/c1-4-29(26,27)16-7-5-6-14(12-16)19(25)24(11-10-23(2)3)20-22-17-9-8-15(21)13-18(17)28-20;/h5-9,12-13H,4,10-11H2,1-3H3;1H. The zero-order valence-electron chi connectivity index (χ0n) is 16.8. The van der Waals surface area contributed by atoms with Gasteiger partial charge in [0.2, 0.25) is 0 Å². The first-order chi connectivity index (χ1) is 13.7. The third-order valence-electron chi connectivity index (χ3n) is 4.41. The molecule has 10 heteroatoms. The quantitative estimate of drug-likeness (QED) is 0.449. The van der Waals surface area contributed by atoms with Crippen molar-refractivity contribution in [2.24, 2.45) is 0 Å². The molecule has 0 fully saturated rings. The molecule has 1 heterocycles. The molecule has 0 atom stereocenters. The monoisotopic (exact) mass is 531 g/mol. The second kappa shape index (κ2) is 10.2. The average Bonchev–Trinajstić information content (AvgIpc) is 3.10. The van der Waals surface area contributed by atoms with Gasteiger partial charge in [0, 0.05) is 23.1 Å². The summed E-state index contributed by atoms with van der Waals surface area (Å²) < 4.78 is 26.4. The van der Waals surface area contributed by atoms with Crippen molar-refractivity contribution in [3.05, 3.63) is 52.5 Å². The number of rotatable bonds is 7. The molecule has 3 aromatic rings. The SMILES string of the molecule is CCS(=O)(=O)c1cccc(C(=O)N(CCN(C)C)c2nc3ccc(Br)cc3s2)c1.Cl. The largest absolute Gasteiger partial charge is 0.308 e. The van der Waals surface area contributed by atoms with Crippen molar-refractivity contribution in [2.45, 2.75) is 11.8 Å². The predicted molar refractivity (Wildman–Crippen MR) is 129 cm³/mol. The lowest BCUT2D eigenvalue weighted by atomic mass is 10.2. The summed E-state index contributed by atoms with van der Waals surface area (Å²) in [5, 5.41) is 0.591. The number of thiazole rings is 1. The van der Waals surface area contributed by atoms with Gasteiger partial charge in [-0.3, -0.25) is 9.69 Å². The predicted octanol–water partition coefficient (Wildman–Crippen LogP) is 4.48. The highest BCUT2D eigenvalue weighted by Gasteiger charge is 2.23. The molecule has 6 nitrogen and oxygen atoms in total. The van der Waals surface area contributed by atoms with Gasteiger partial charge in [-0.05, 0) is 50.5 Å². The summed E-state index contributed by atoms with van der Waals surface area (Å²) in [6, 6.07) is 12.0. The summed E-state index contributed by atoms with van der Waals surface area (Å²) in [5.41, 5.74) is 1.15. The highest BCUT2D eigenvalue weighted by atomic mass is 79.9. The van der Waals surface area contributed by atoms with E-state index in [1.807, 2.05) is 37.2 Å². The number of aromatic nitrogens is 1. The first-order valence-corrected chi connectivity index (χ1v) is 12.3. The number of fused-ring (bicyclic) bond motifs is 1. The maximum atomic E-state index is 13.3. The number of likely N-dealkylation sites (N-methyl/N-ethyl adjacent to an activating group) is 1. The molecule has 3 rings (SSSR count). The molecule has 1 amide bonds. The molecule has 0 aliphatic carbocycles. The lowest BCUT2D eigenvalue weighted by Gasteiger charge is -2.22. The van der Waals surface area contributed by atoms with Crippen LogP contribution in [-0.2, 0) is 9.84 Å². The molecule has 0 radical (unpaired) electrons. The van der Waals surface area contributed by atoms with Crippen molar-refractivity contribution in [3.63, 3.8) is 0 Å². The Balaban J connectivity index is 0.00000320. The first-order valence-electron chi connectivity index (χ1n) is 9.07. The minimum absolute atomic E-state index is 0. The highest BCUT2D eigenvalue weighted by Crippen LogP contribution is 2.31. The van der Waals surface area contributed by atoms with Gasteiger partial charge in [0.1, 0.15) is 0 Å². The molecule has 0 aliphatic heterocycles. The van der Waals surface area contributed by atoms with Crippen LogP contribution in [0.4, 0.5) is 5.13 Å². The Kier molecular flexibility index (Phi) is 8.41. The number of anilines is 1. The molecule has 30 heavy (non-hydrogen) atoms. The molecular weight excluding hydrogens is 510 g/mol. The zero-order valence-corrected chi connectivity index (χ0v) is 20.9. The summed E-state index contributed by atoms with van der Waals surface area (Å²) in [6.45, 7) is 2.68. The van der Waals surface area contributed by atoms with E-state index in [2.05, 4.69) is 20.9 Å². The van der Waals surface area contributed by atoms with E-state index >= 15 is 0 Å². The molecule has 162 valence electrons. The Morgan fingerprint density at radius 1 is 1.13 bits per heavy atom. The van der Waals surface area contributed by atoms with Crippen LogP contribution in [0.15, 0.2) is 51.8 Å². The third-order valence-corrected chi connectivity index (χ3v) is 7.67.